The zero-order chi connectivity index (χ0) is 22.8. The van der Waals surface area contributed by atoms with Gasteiger partial charge in [0.15, 0.2) is 5.65 Å². The quantitative estimate of drug-likeness (QED) is 0.318. The van der Waals surface area contributed by atoms with Crippen molar-refractivity contribution in [3.63, 3.8) is 0 Å². The van der Waals surface area contributed by atoms with Gasteiger partial charge in [-0.2, -0.15) is 5.10 Å². The SMILES string of the molecule is O=C(Nc1cccc(-c2ccnc3cc(-c4ccncc4)nn23)c1)c1cccc([N+](=O)[O-])c1. The fourth-order valence-corrected chi connectivity index (χ4v) is 3.50. The minimum atomic E-state index is -0.531. The third kappa shape index (κ3) is 4.02. The number of amides is 1. The van der Waals surface area contributed by atoms with Crippen molar-refractivity contribution in [3.05, 3.63) is 107 Å². The summed E-state index contributed by atoms with van der Waals surface area (Å²) in [6.45, 7) is 0. The Morgan fingerprint density at radius 1 is 0.909 bits per heavy atom. The maximum atomic E-state index is 12.6. The molecule has 3 aromatic heterocycles. The highest BCUT2D eigenvalue weighted by atomic mass is 16.6. The Balaban J connectivity index is 1.47. The largest absolute Gasteiger partial charge is 0.322 e. The molecule has 33 heavy (non-hydrogen) atoms. The van der Waals surface area contributed by atoms with E-state index in [1.165, 1.54) is 24.3 Å². The van der Waals surface area contributed by atoms with Crippen molar-refractivity contribution in [2.45, 2.75) is 0 Å². The zero-order valence-corrected chi connectivity index (χ0v) is 17.1. The fraction of sp³-hybridized carbons (Fsp3) is 0. The molecule has 9 nitrogen and oxygen atoms in total. The molecular formula is C24H16N6O3. The molecule has 0 radical (unpaired) electrons. The van der Waals surface area contributed by atoms with Crippen LogP contribution in [0.1, 0.15) is 10.4 Å². The van der Waals surface area contributed by atoms with Crippen molar-refractivity contribution < 1.29 is 9.72 Å². The number of fused-ring (bicyclic) bond motifs is 1. The number of carbonyl (C=O) groups excluding carboxylic acids is 1. The molecule has 3 heterocycles. The van der Waals surface area contributed by atoms with Crippen LogP contribution in [0, 0.1) is 10.1 Å². The summed E-state index contributed by atoms with van der Waals surface area (Å²) in [5.74, 6) is -0.435. The van der Waals surface area contributed by atoms with Gasteiger partial charge in [-0.15, -0.1) is 0 Å². The predicted molar refractivity (Wildman–Crippen MR) is 123 cm³/mol. The number of rotatable bonds is 5. The fourth-order valence-electron chi connectivity index (χ4n) is 3.50. The molecule has 5 aromatic rings. The Labute approximate surface area is 187 Å². The number of anilines is 1. The van der Waals surface area contributed by atoms with Crippen molar-refractivity contribution >= 4 is 22.9 Å². The molecule has 0 bridgehead atoms. The van der Waals surface area contributed by atoms with E-state index in [2.05, 4.69) is 15.3 Å². The van der Waals surface area contributed by atoms with Crippen LogP contribution in [-0.4, -0.2) is 30.4 Å². The Kier molecular flexibility index (Phi) is 5.04. The second-order valence-corrected chi connectivity index (χ2v) is 7.21. The van der Waals surface area contributed by atoms with Crippen LogP contribution in [0.3, 0.4) is 0 Å². The van der Waals surface area contributed by atoms with Crippen molar-refractivity contribution in [3.8, 4) is 22.5 Å². The van der Waals surface area contributed by atoms with Gasteiger partial charge in [0.2, 0.25) is 0 Å². The van der Waals surface area contributed by atoms with Crippen LogP contribution in [0.5, 0.6) is 0 Å². The number of pyridine rings is 1. The normalized spacial score (nSPS) is 10.8. The van der Waals surface area contributed by atoms with Crippen LogP contribution in [-0.2, 0) is 0 Å². The Hall–Kier alpha value is -4.92. The third-order valence-corrected chi connectivity index (χ3v) is 5.07. The zero-order valence-electron chi connectivity index (χ0n) is 17.1. The molecule has 1 amide bonds. The molecule has 0 spiro atoms. The van der Waals surface area contributed by atoms with Gasteiger partial charge in [-0.1, -0.05) is 18.2 Å². The Bertz CT molecular complexity index is 1500. The smallest absolute Gasteiger partial charge is 0.270 e. The number of aromatic nitrogens is 4. The highest BCUT2D eigenvalue weighted by Gasteiger charge is 2.13. The van der Waals surface area contributed by atoms with Crippen LogP contribution < -0.4 is 5.32 Å². The van der Waals surface area contributed by atoms with E-state index in [-0.39, 0.29) is 11.3 Å². The standard InChI is InChI=1S/C24H16N6O3/c31-24(18-4-2-6-20(14-18)30(32)33)27-19-5-1-3-17(13-19)22-9-12-26-23-15-21(28-29(22)23)16-7-10-25-11-8-16/h1-15H,(H,27,31). The van der Waals surface area contributed by atoms with E-state index in [1.54, 1.807) is 29.2 Å². The molecule has 0 aliphatic heterocycles. The number of nitrogens with one attached hydrogen (secondary N) is 1. The van der Waals surface area contributed by atoms with Gasteiger partial charge in [-0.25, -0.2) is 9.50 Å². The van der Waals surface area contributed by atoms with E-state index < -0.39 is 10.8 Å². The van der Waals surface area contributed by atoms with Gasteiger partial charge >= 0.3 is 0 Å². The molecule has 0 atom stereocenters. The summed E-state index contributed by atoms with van der Waals surface area (Å²) in [6, 6.07) is 20.4. The van der Waals surface area contributed by atoms with Gasteiger partial charge in [0.25, 0.3) is 11.6 Å². The van der Waals surface area contributed by atoms with E-state index in [0.717, 1.165) is 22.5 Å². The monoisotopic (exact) mass is 436 g/mol. The molecule has 0 fully saturated rings. The lowest BCUT2D eigenvalue weighted by Crippen LogP contribution is -2.12. The van der Waals surface area contributed by atoms with Crippen molar-refractivity contribution in [2.75, 3.05) is 5.32 Å². The summed E-state index contributed by atoms with van der Waals surface area (Å²) in [5.41, 5.74) is 4.62. The lowest BCUT2D eigenvalue weighted by Gasteiger charge is -2.09. The van der Waals surface area contributed by atoms with Gasteiger partial charge in [0.1, 0.15) is 0 Å². The number of non-ortho nitro benzene ring substituents is 1. The summed E-state index contributed by atoms with van der Waals surface area (Å²) in [5, 5.41) is 18.5. The van der Waals surface area contributed by atoms with E-state index in [1.807, 2.05) is 42.5 Å². The first kappa shape index (κ1) is 20.0. The summed E-state index contributed by atoms with van der Waals surface area (Å²) in [7, 11) is 0. The van der Waals surface area contributed by atoms with Crippen LogP contribution in [0.15, 0.2) is 91.4 Å². The maximum absolute atomic E-state index is 12.6. The van der Waals surface area contributed by atoms with Crippen LogP contribution in [0.25, 0.3) is 28.2 Å². The van der Waals surface area contributed by atoms with Crippen LogP contribution in [0.4, 0.5) is 11.4 Å². The first-order chi connectivity index (χ1) is 16.1. The van der Waals surface area contributed by atoms with Gasteiger partial charge in [-0.05, 0) is 36.4 Å². The molecule has 0 aliphatic carbocycles. The molecule has 0 saturated carbocycles. The molecule has 9 heteroatoms. The van der Waals surface area contributed by atoms with Crippen molar-refractivity contribution in [2.24, 2.45) is 0 Å². The third-order valence-electron chi connectivity index (χ3n) is 5.07. The number of hydrogen-bond acceptors (Lipinski definition) is 6. The Morgan fingerprint density at radius 3 is 2.55 bits per heavy atom. The first-order valence-corrected chi connectivity index (χ1v) is 10.00. The molecule has 2 aromatic carbocycles. The molecule has 0 saturated heterocycles. The van der Waals surface area contributed by atoms with Crippen molar-refractivity contribution in [1.29, 1.82) is 0 Å². The van der Waals surface area contributed by atoms with Crippen LogP contribution >= 0.6 is 0 Å². The maximum Gasteiger partial charge on any atom is 0.270 e. The Morgan fingerprint density at radius 2 is 1.73 bits per heavy atom. The lowest BCUT2D eigenvalue weighted by atomic mass is 10.1. The highest BCUT2D eigenvalue weighted by molar-refractivity contribution is 6.04. The minimum absolute atomic E-state index is 0.140. The number of carbonyl (C=O) groups is 1. The summed E-state index contributed by atoms with van der Waals surface area (Å²) in [6.07, 6.45) is 5.12. The summed E-state index contributed by atoms with van der Waals surface area (Å²) >= 11 is 0. The topological polar surface area (TPSA) is 115 Å². The average molecular weight is 436 g/mol. The summed E-state index contributed by atoms with van der Waals surface area (Å²) in [4.78, 5) is 31.6. The second-order valence-electron chi connectivity index (χ2n) is 7.21. The molecule has 0 aliphatic rings. The average Bonchev–Trinajstić information content (AvgIpc) is 3.29. The predicted octanol–water partition coefficient (Wildman–Crippen LogP) is 4.62. The molecule has 5 rings (SSSR count). The molecule has 160 valence electrons. The summed E-state index contributed by atoms with van der Waals surface area (Å²) < 4.78 is 1.75. The van der Waals surface area contributed by atoms with Crippen molar-refractivity contribution in [1.82, 2.24) is 19.6 Å². The van der Waals surface area contributed by atoms with Gasteiger partial charge in [-0.3, -0.25) is 19.9 Å². The first-order valence-electron chi connectivity index (χ1n) is 10.00. The van der Waals surface area contributed by atoms with Gasteiger partial charge in [0, 0.05) is 59.2 Å². The van der Waals surface area contributed by atoms with Gasteiger partial charge in [0.05, 0.1) is 16.3 Å². The number of hydrogen-bond donors (Lipinski definition) is 1. The highest BCUT2D eigenvalue weighted by Crippen LogP contribution is 2.26. The van der Waals surface area contributed by atoms with Gasteiger partial charge < -0.3 is 5.32 Å². The van der Waals surface area contributed by atoms with E-state index >= 15 is 0 Å². The number of nitro groups is 1. The molecular weight excluding hydrogens is 420 g/mol. The number of nitro benzene ring substituents is 1. The lowest BCUT2D eigenvalue weighted by molar-refractivity contribution is -0.384. The molecule has 0 unspecified atom stereocenters. The van der Waals surface area contributed by atoms with E-state index in [0.29, 0.717) is 11.3 Å². The number of nitrogens with zero attached hydrogens (tertiary/aromatic N) is 5. The van der Waals surface area contributed by atoms with E-state index in [9.17, 15) is 14.9 Å². The minimum Gasteiger partial charge on any atom is -0.322 e. The van der Waals surface area contributed by atoms with Crippen LogP contribution in [0.2, 0.25) is 0 Å². The van der Waals surface area contributed by atoms with E-state index in [4.69, 9.17) is 5.10 Å². The number of benzene rings is 2. The molecule has 1 N–H and O–H groups in total. The second kappa shape index (κ2) is 8.31.